The summed E-state index contributed by atoms with van der Waals surface area (Å²) in [6.07, 6.45) is 4.01. The third kappa shape index (κ3) is 3.11. The topological polar surface area (TPSA) is 41.5 Å². The quantitative estimate of drug-likeness (QED) is 0.798. The molecule has 1 aliphatic carbocycles. The molecule has 0 heterocycles. The maximum atomic E-state index is 10.0. The summed E-state index contributed by atoms with van der Waals surface area (Å²) in [4.78, 5) is 1.14. The summed E-state index contributed by atoms with van der Waals surface area (Å²) in [5.41, 5.74) is 3.46. The van der Waals surface area contributed by atoms with E-state index in [2.05, 4.69) is 48.0 Å². The normalized spacial score (nSPS) is 19.6. The number of aryl methyl sites for hydroxylation is 1. The molecule has 4 heteroatoms. The van der Waals surface area contributed by atoms with Crippen molar-refractivity contribution in [2.75, 3.05) is 20.0 Å². The van der Waals surface area contributed by atoms with E-state index in [-0.39, 0.29) is 12.1 Å². The number of benzene rings is 2. The van der Waals surface area contributed by atoms with Gasteiger partial charge in [-0.25, -0.2) is 0 Å². The molecule has 2 N–H and O–H groups in total. The number of rotatable bonds is 6. The molecule has 23 heavy (non-hydrogen) atoms. The molecule has 0 aromatic heterocycles. The summed E-state index contributed by atoms with van der Waals surface area (Å²) in [6, 6.07) is 14.7. The molecule has 0 radical (unpaired) electrons. The zero-order valence-corrected chi connectivity index (χ0v) is 14.5. The molecule has 2 aromatic rings. The molecule has 0 spiro atoms. The van der Waals surface area contributed by atoms with Crippen LogP contribution < -0.4 is 10.1 Å². The first-order chi connectivity index (χ1) is 11.2. The van der Waals surface area contributed by atoms with Crippen LogP contribution in [0.2, 0.25) is 0 Å². The summed E-state index contributed by atoms with van der Waals surface area (Å²) in [5, 5.41) is 13.6. The first kappa shape index (κ1) is 16.4. The Labute approximate surface area is 142 Å². The van der Waals surface area contributed by atoms with Gasteiger partial charge >= 0.3 is 0 Å². The van der Waals surface area contributed by atoms with Crippen LogP contribution in [-0.4, -0.2) is 25.1 Å². The van der Waals surface area contributed by atoms with Gasteiger partial charge in [0.05, 0.1) is 19.3 Å². The molecule has 0 saturated heterocycles. The highest BCUT2D eigenvalue weighted by Gasteiger charge is 2.37. The van der Waals surface area contributed by atoms with Crippen molar-refractivity contribution in [3.8, 4) is 5.75 Å². The lowest BCUT2D eigenvalue weighted by atomic mass is 9.92. The summed E-state index contributed by atoms with van der Waals surface area (Å²) in [6.45, 7) is 0.849. The number of thioether (sulfide) groups is 1. The first-order valence-corrected chi connectivity index (χ1v) is 9.10. The van der Waals surface area contributed by atoms with Crippen molar-refractivity contribution in [3.05, 3.63) is 59.2 Å². The second-order valence-electron chi connectivity index (χ2n) is 5.94. The lowest BCUT2D eigenvalue weighted by Gasteiger charge is -2.30. The maximum absolute atomic E-state index is 10.0. The van der Waals surface area contributed by atoms with Crippen molar-refractivity contribution < 1.29 is 9.84 Å². The molecule has 0 amide bonds. The maximum Gasteiger partial charge on any atom is 0.132 e. The van der Waals surface area contributed by atoms with Crippen molar-refractivity contribution in [3.63, 3.8) is 0 Å². The van der Waals surface area contributed by atoms with Crippen molar-refractivity contribution in [1.29, 1.82) is 0 Å². The number of aliphatic hydroxyl groups is 1. The third-order valence-corrected chi connectivity index (χ3v) is 5.46. The number of hydrogen-bond donors (Lipinski definition) is 2. The fourth-order valence-electron chi connectivity index (χ4n) is 3.35. The Balaban J connectivity index is 1.80. The Morgan fingerprint density at radius 2 is 2.09 bits per heavy atom. The Morgan fingerprint density at radius 3 is 2.83 bits per heavy atom. The second-order valence-corrected chi connectivity index (χ2v) is 6.79. The smallest absolute Gasteiger partial charge is 0.132 e. The SMILES string of the molecule is COc1ccc(CNC2(CO)CCc3ccccc32)cc1SC. The van der Waals surface area contributed by atoms with E-state index in [1.54, 1.807) is 18.9 Å². The van der Waals surface area contributed by atoms with Crippen LogP contribution in [-0.2, 0) is 18.5 Å². The monoisotopic (exact) mass is 329 g/mol. The number of fused-ring (bicyclic) bond motifs is 1. The molecule has 122 valence electrons. The van der Waals surface area contributed by atoms with Crippen molar-refractivity contribution >= 4 is 11.8 Å². The Morgan fingerprint density at radius 1 is 1.26 bits per heavy atom. The molecule has 0 fully saturated rings. The zero-order chi connectivity index (χ0) is 16.3. The molecule has 2 aromatic carbocycles. The number of methoxy groups -OCH3 is 1. The molecule has 0 aliphatic heterocycles. The van der Waals surface area contributed by atoms with Gasteiger partial charge in [-0.3, -0.25) is 0 Å². The van der Waals surface area contributed by atoms with Crippen LogP contribution in [0.4, 0.5) is 0 Å². The van der Waals surface area contributed by atoms with Gasteiger partial charge in [0.2, 0.25) is 0 Å². The number of aliphatic hydroxyl groups excluding tert-OH is 1. The van der Waals surface area contributed by atoms with E-state index in [0.717, 1.165) is 30.0 Å². The highest BCUT2D eigenvalue weighted by Crippen LogP contribution is 2.37. The minimum Gasteiger partial charge on any atom is -0.496 e. The van der Waals surface area contributed by atoms with E-state index >= 15 is 0 Å². The molecule has 1 atom stereocenters. The summed E-state index contributed by atoms with van der Waals surface area (Å²) in [7, 11) is 1.70. The van der Waals surface area contributed by atoms with Gasteiger partial charge < -0.3 is 15.2 Å². The Kier molecular flexibility index (Phi) is 4.95. The van der Waals surface area contributed by atoms with E-state index in [4.69, 9.17) is 4.74 Å². The van der Waals surface area contributed by atoms with Gasteiger partial charge in [0, 0.05) is 11.4 Å². The fourth-order valence-corrected chi connectivity index (χ4v) is 3.98. The van der Waals surface area contributed by atoms with Crippen LogP contribution in [0, 0.1) is 0 Å². The van der Waals surface area contributed by atoms with E-state index < -0.39 is 0 Å². The average molecular weight is 329 g/mol. The number of hydrogen-bond acceptors (Lipinski definition) is 4. The van der Waals surface area contributed by atoms with Gasteiger partial charge in [0.15, 0.2) is 0 Å². The Bertz CT molecular complexity index is 689. The van der Waals surface area contributed by atoms with Crippen LogP contribution in [0.5, 0.6) is 5.75 Å². The van der Waals surface area contributed by atoms with Gasteiger partial charge in [-0.1, -0.05) is 30.3 Å². The van der Waals surface area contributed by atoms with Gasteiger partial charge in [0.1, 0.15) is 5.75 Å². The molecule has 3 nitrogen and oxygen atoms in total. The third-order valence-electron chi connectivity index (χ3n) is 4.70. The van der Waals surface area contributed by atoms with E-state index in [9.17, 15) is 5.11 Å². The predicted octanol–water partition coefficient (Wildman–Crippen LogP) is 3.34. The van der Waals surface area contributed by atoms with Crippen LogP contribution in [0.15, 0.2) is 47.4 Å². The highest BCUT2D eigenvalue weighted by atomic mass is 32.2. The molecule has 1 aliphatic rings. The number of ether oxygens (including phenoxy) is 1. The molecule has 0 saturated carbocycles. The zero-order valence-electron chi connectivity index (χ0n) is 13.6. The van der Waals surface area contributed by atoms with Crippen molar-refractivity contribution in [1.82, 2.24) is 5.32 Å². The van der Waals surface area contributed by atoms with Gasteiger partial charge in [-0.05, 0) is 47.9 Å². The van der Waals surface area contributed by atoms with Crippen molar-refractivity contribution in [2.45, 2.75) is 29.8 Å². The van der Waals surface area contributed by atoms with Crippen LogP contribution >= 0.6 is 11.8 Å². The highest BCUT2D eigenvalue weighted by molar-refractivity contribution is 7.98. The van der Waals surface area contributed by atoms with Gasteiger partial charge in [-0.15, -0.1) is 11.8 Å². The average Bonchev–Trinajstić information content (AvgIpc) is 2.99. The first-order valence-electron chi connectivity index (χ1n) is 7.87. The Hall–Kier alpha value is -1.49. The van der Waals surface area contributed by atoms with Crippen molar-refractivity contribution in [2.24, 2.45) is 0 Å². The van der Waals surface area contributed by atoms with E-state index in [1.165, 1.54) is 16.7 Å². The predicted molar refractivity (Wildman–Crippen MR) is 95.1 cm³/mol. The van der Waals surface area contributed by atoms with Crippen LogP contribution in [0.1, 0.15) is 23.1 Å². The standard InChI is InChI=1S/C19H23NO2S/c1-22-17-8-7-14(11-18(17)23-2)12-20-19(13-21)10-9-15-5-3-4-6-16(15)19/h3-8,11,20-21H,9-10,12-13H2,1-2H3. The van der Waals surface area contributed by atoms with Gasteiger partial charge in [0.25, 0.3) is 0 Å². The summed E-state index contributed by atoms with van der Waals surface area (Å²) >= 11 is 1.68. The second kappa shape index (κ2) is 6.95. The van der Waals surface area contributed by atoms with Gasteiger partial charge in [-0.2, -0.15) is 0 Å². The van der Waals surface area contributed by atoms with E-state index in [0.29, 0.717) is 0 Å². The largest absolute Gasteiger partial charge is 0.496 e. The minimum atomic E-state index is -0.323. The van der Waals surface area contributed by atoms with Crippen LogP contribution in [0.25, 0.3) is 0 Å². The molecular weight excluding hydrogens is 306 g/mol. The summed E-state index contributed by atoms with van der Waals surface area (Å²) in [5.74, 6) is 0.907. The lowest BCUT2D eigenvalue weighted by molar-refractivity contribution is 0.159. The number of nitrogens with one attached hydrogen (secondary N) is 1. The van der Waals surface area contributed by atoms with E-state index in [1.807, 2.05) is 6.07 Å². The minimum absolute atomic E-state index is 0.121. The molecule has 1 unspecified atom stereocenters. The molecule has 3 rings (SSSR count). The lowest BCUT2D eigenvalue weighted by Crippen LogP contribution is -2.43. The fraction of sp³-hybridized carbons (Fsp3) is 0.368. The molecular formula is C19H23NO2S. The van der Waals surface area contributed by atoms with Crippen LogP contribution in [0.3, 0.4) is 0 Å². The summed E-state index contributed by atoms with van der Waals surface area (Å²) < 4.78 is 5.38. The molecule has 0 bridgehead atoms.